The quantitative estimate of drug-likeness (QED) is 0.479. The Morgan fingerprint density at radius 1 is 1.46 bits per heavy atom. The molecule has 1 saturated heterocycles. The van der Waals surface area contributed by atoms with E-state index in [1.807, 2.05) is 24.3 Å². The Morgan fingerprint density at radius 2 is 2.25 bits per heavy atom. The lowest BCUT2D eigenvalue weighted by atomic mass is 10.0. The Kier molecular flexibility index (Phi) is 4.33. The molecule has 126 valence electrons. The minimum atomic E-state index is -0.407. The molecular weight excluding hydrogens is 308 g/mol. The fourth-order valence-electron chi connectivity index (χ4n) is 3.28. The SMILES string of the molecule is CC(=O)c1ccc(N2CCC(Cc3cnn(C)c3)C2)c([N+](=O)[O-])c1. The minimum absolute atomic E-state index is 0.00438. The predicted molar refractivity (Wildman–Crippen MR) is 90.3 cm³/mol. The Hall–Kier alpha value is -2.70. The molecular formula is C17H20N4O3. The molecule has 2 aromatic rings. The fourth-order valence-corrected chi connectivity index (χ4v) is 3.28. The van der Waals surface area contributed by atoms with Gasteiger partial charge in [0.15, 0.2) is 5.78 Å². The van der Waals surface area contributed by atoms with Crippen LogP contribution in [-0.4, -0.2) is 33.6 Å². The highest BCUT2D eigenvalue weighted by atomic mass is 16.6. The lowest BCUT2D eigenvalue weighted by Crippen LogP contribution is -2.21. The maximum atomic E-state index is 11.5. The summed E-state index contributed by atoms with van der Waals surface area (Å²) >= 11 is 0. The standard InChI is InChI=1S/C17H20N4O3/c1-12(22)15-3-4-16(17(8-15)21(23)24)20-6-5-13(11-20)7-14-9-18-19(2)10-14/h3-4,8-10,13H,5-7,11H2,1-2H3. The highest BCUT2D eigenvalue weighted by molar-refractivity contribution is 5.95. The number of nitrogens with zero attached hydrogens (tertiary/aromatic N) is 4. The summed E-state index contributed by atoms with van der Waals surface area (Å²) in [6.45, 7) is 2.97. The van der Waals surface area contributed by atoms with Gasteiger partial charge >= 0.3 is 0 Å². The van der Waals surface area contributed by atoms with Crippen LogP contribution in [0.25, 0.3) is 0 Å². The van der Waals surface area contributed by atoms with Crippen LogP contribution >= 0.6 is 0 Å². The second kappa shape index (κ2) is 6.43. The molecule has 1 unspecified atom stereocenters. The van der Waals surface area contributed by atoms with Crippen molar-refractivity contribution in [3.05, 3.63) is 51.8 Å². The van der Waals surface area contributed by atoms with Gasteiger partial charge < -0.3 is 4.90 Å². The summed E-state index contributed by atoms with van der Waals surface area (Å²) in [7, 11) is 1.89. The van der Waals surface area contributed by atoms with E-state index in [1.54, 1.807) is 16.8 Å². The number of aryl methyl sites for hydroxylation is 1. The average Bonchev–Trinajstić information content (AvgIpc) is 3.16. The second-order valence-electron chi connectivity index (χ2n) is 6.34. The molecule has 0 saturated carbocycles. The van der Waals surface area contributed by atoms with Gasteiger partial charge in [0, 0.05) is 38.0 Å². The van der Waals surface area contributed by atoms with Gasteiger partial charge in [0.05, 0.1) is 11.1 Å². The van der Waals surface area contributed by atoms with Gasteiger partial charge in [0.1, 0.15) is 5.69 Å². The molecule has 7 nitrogen and oxygen atoms in total. The number of nitro benzene ring substituents is 1. The molecule has 0 aliphatic carbocycles. The molecule has 2 heterocycles. The van der Waals surface area contributed by atoms with Gasteiger partial charge in [-0.1, -0.05) is 0 Å². The number of aromatic nitrogens is 2. The smallest absolute Gasteiger partial charge is 0.293 e. The van der Waals surface area contributed by atoms with Crippen LogP contribution in [0.1, 0.15) is 29.3 Å². The van der Waals surface area contributed by atoms with Gasteiger partial charge in [-0.15, -0.1) is 0 Å². The first-order valence-electron chi connectivity index (χ1n) is 7.96. The third-order valence-electron chi connectivity index (χ3n) is 4.49. The van der Waals surface area contributed by atoms with Gasteiger partial charge in [0.2, 0.25) is 0 Å². The number of benzene rings is 1. The highest BCUT2D eigenvalue weighted by Gasteiger charge is 2.28. The van der Waals surface area contributed by atoms with Crippen molar-refractivity contribution in [1.29, 1.82) is 0 Å². The summed E-state index contributed by atoms with van der Waals surface area (Å²) in [6.07, 6.45) is 5.78. The molecule has 1 atom stereocenters. The topological polar surface area (TPSA) is 81.3 Å². The van der Waals surface area contributed by atoms with Gasteiger partial charge in [0.25, 0.3) is 5.69 Å². The fraction of sp³-hybridized carbons (Fsp3) is 0.412. The Bertz CT molecular complexity index is 784. The van der Waals surface area contributed by atoms with Crippen LogP contribution in [0.15, 0.2) is 30.6 Å². The van der Waals surface area contributed by atoms with E-state index in [1.165, 1.54) is 18.6 Å². The maximum absolute atomic E-state index is 11.5. The number of carbonyl (C=O) groups is 1. The summed E-state index contributed by atoms with van der Waals surface area (Å²) < 4.78 is 1.79. The molecule has 1 aliphatic rings. The van der Waals surface area contributed by atoms with Crippen molar-refractivity contribution in [3.63, 3.8) is 0 Å². The summed E-state index contributed by atoms with van der Waals surface area (Å²) in [5.74, 6) is 0.279. The van der Waals surface area contributed by atoms with Crippen molar-refractivity contribution in [2.45, 2.75) is 19.8 Å². The molecule has 24 heavy (non-hydrogen) atoms. The van der Waals surface area contributed by atoms with Crippen molar-refractivity contribution in [2.24, 2.45) is 13.0 Å². The van der Waals surface area contributed by atoms with Crippen LogP contribution in [0, 0.1) is 16.0 Å². The third-order valence-corrected chi connectivity index (χ3v) is 4.49. The maximum Gasteiger partial charge on any atom is 0.293 e. The summed E-state index contributed by atoms with van der Waals surface area (Å²) in [5, 5.41) is 15.6. The van der Waals surface area contributed by atoms with E-state index in [2.05, 4.69) is 5.10 Å². The zero-order valence-corrected chi connectivity index (χ0v) is 13.8. The molecule has 1 aliphatic heterocycles. The normalized spacial score (nSPS) is 17.2. The average molecular weight is 328 g/mol. The van der Waals surface area contributed by atoms with Crippen LogP contribution in [0.3, 0.4) is 0 Å². The number of hydrogen-bond acceptors (Lipinski definition) is 5. The summed E-state index contributed by atoms with van der Waals surface area (Å²) in [4.78, 5) is 24.5. The van der Waals surface area contributed by atoms with E-state index in [0.717, 1.165) is 25.9 Å². The first kappa shape index (κ1) is 16.2. The Morgan fingerprint density at radius 3 is 2.88 bits per heavy atom. The molecule has 3 rings (SSSR count). The van der Waals surface area contributed by atoms with Crippen LogP contribution in [0.4, 0.5) is 11.4 Å². The molecule has 0 bridgehead atoms. The first-order valence-corrected chi connectivity index (χ1v) is 7.96. The van der Waals surface area contributed by atoms with Crippen LogP contribution in [0.2, 0.25) is 0 Å². The summed E-state index contributed by atoms with van der Waals surface area (Å²) in [6, 6.07) is 4.74. The van der Waals surface area contributed by atoms with E-state index in [-0.39, 0.29) is 11.5 Å². The number of hydrogen-bond donors (Lipinski definition) is 0. The largest absolute Gasteiger partial charge is 0.366 e. The zero-order chi connectivity index (χ0) is 17.3. The van der Waals surface area contributed by atoms with Crippen molar-refractivity contribution < 1.29 is 9.72 Å². The van der Waals surface area contributed by atoms with Gasteiger partial charge in [-0.3, -0.25) is 19.6 Å². The minimum Gasteiger partial charge on any atom is -0.366 e. The van der Waals surface area contributed by atoms with Crippen molar-refractivity contribution in [1.82, 2.24) is 9.78 Å². The van der Waals surface area contributed by atoms with E-state index >= 15 is 0 Å². The van der Waals surface area contributed by atoms with Crippen molar-refractivity contribution in [3.8, 4) is 0 Å². The van der Waals surface area contributed by atoms with Crippen LogP contribution in [-0.2, 0) is 13.5 Å². The number of nitro groups is 1. The lowest BCUT2D eigenvalue weighted by Gasteiger charge is -2.19. The van der Waals surface area contributed by atoms with Gasteiger partial charge in [-0.25, -0.2) is 0 Å². The van der Waals surface area contributed by atoms with E-state index in [9.17, 15) is 14.9 Å². The second-order valence-corrected chi connectivity index (χ2v) is 6.34. The van der Waals surface area contributed by atoms with Gasteiger partial charge in [-0.05, 0) is 43.4 Å². The molecule has 0 spiro atoms. The highest BCUT2D eigenvalue weighted by Crippen LogP contribution is 2.34. The number of carbonyl (C=O) groups excluding carboxylic acids is 1. The Labute approximate surface area is 140 Å². The number of ketones is 1. The summed E-state index contributed by atoms with van der Waals surface area (Å²) in [5.41, 5.74) is 2.16. The molecule has 1 aromatic carbocycles. The molecule has 0 radical (unpaired) electrons. The van der Waals surface area contributed by atoms with Crippen LogP contribution in [0.5, 0.6) is 0 Å². The zero-order valence-electron chi connectivity index (χ0n) is 13.8. The first-order chi connectivity index (χ1) is 11.4. The Balaban J connectivity index is 1.77. The molecule has 7 heteroatoms. The number of Topliss-reactive ketones (excluding diaryl/α,β-unsaturated/α-hetero) is 1. The van der Waals surface area contributed by atoms with E-state index in [0.29, 0.717) is 17.2 Å². The number of rotatable bonds is 5. The number of anilines is 1. The van der Waals surface area contributed by atoms with Crippen LogP contribution < -0.4 is 4.90 Å². The van der Waals surface area contributed by atoms with Crippen molar-refractivity contribution in [2.75, 3.05) is 18.0 Å². The van der Waals surface area contributed by atoms with Crippen molar-refractivity contribution >= 4 is 17.2 Å². The van der Waals surface area contributed by atoms with E-state index < -0.39 is 4.92 Å². The molecule has 1 fully saturated rings. The third kappa shape index (κ3) is 3.29. The monoisotopic (exact) mass is 328 g/mol. The van der Waals surface area contributed by atoms with E-state index in [4.69, 9.17) is 0 Å². The lowest BCUT2D eigenvalue weighted by molar-refractivity contribution is -0.384. The molecule has 1 aromatic heterocycles. The predicted octanol–water partition coefficient (Wildman–Crippen LogP) is 2.60. The van der Waals surface area contributed by atoms with Gasteiger partial charge in [-0.2, -0.15) is 5.10 Å². The molecule has 0 amide bonds. The molecule has 0 N–H and O–H groups in total.